The van der Waals surface area contributed by atoms with Gasteiger partial charge in [0.1, 0.15) is 11.3 Å². The number of anilines is 1. The van der Waals surface area contributed by atoms with E-state index in [4.69, 9.17) is 22.1 Å². The van der Waals surface area contributed by atoms with Crippen molar-refractivity contribution in [3.8, 4) is 5.75 Å². The Morgan fingerprint density at radius 1 is 1.24 bits per heavy atom. The zero-order valence-corrected chi connectivity index (χ0v) is 16.8. The molecule has 0 aromatic carbocycles. The lowest BCUT2D eigenvalue weighted by atomic mass is 10.1. The van der Waals surface area contributed by atoms with Crippen molar-refractivity contribution >= 4 is 28.6 Å². The van der Waals surface area contributed by atoms with Crippen LogP contribution < -0.4 is 10.5 Å². The van der Waals surface area contributed by atoms with Gasteiger partial charge in [-0.3, -0.25) is 4.98 Å². The number of hydrogen-bond acceptors (Lipinski definition) is 5. The molecule has 0 aliphatic carbocycles. The number of nitrogens with two attached hydrogens (primary N) is 1. The Balaban J connectivity index is 2.08. The number of methoxy groups -OCH3 is 1. The lowest BCUT2D eigenvalue weighted by Crippen LogP contribution is -2.01. The van der Waals surface area contributed by atoms with Gasteiger partial charge in [0.25, 0.3) is 0 Å². The topological polar surface area (TPSA) is 78.8 Å². The molecule has 0 spiro atoms. The smallest absolute Gasteiger partial charge is 0.301 e. The van der Waals surface area contributed by atoms with Crippen molar-refractivity contribution in [2.24, 2.45) is 0 Å². The number of aromatic nitrogens is 4. The highest BCUT2D eigenvalue weighted by Gasteiger charge is 2.19. The minimum atomic E-state index is -2.33. The molecular weight excluding hydrogens is 407 g/mol. The summed E-state index contributed by atoms with van der Waals surface area (Å²) in [6.45, 7) is 3.73. The van der Waals surface area contributed by atoms with Gasteiger partial charge in [-0.05, 0) is 13.8 Å². The number of rotatable bonds is 6. The van der Waals surface area contributed by atoms with Crippen LogP contribution in [0.4, 0.5) is 19.1 Å². The molecular formula is C19H19ClF3N5O. The van der Waals surface area contributed by atoms with E-state index in [2.05, 4.69) is 15.0 Å². The van der Waals surface area contributed by atoms with Crippen LogP contribution in [0.15, 0.2) is 24.3 Å². The molecule has 0 saturated carbocycles. The maximum Gasteiger partial charge on any atom is 0.301 e. The molecule has 6 nitrogen and oxygen atoms in total. The Hall–Kier alpha value is -2.81. The van der Waals surface area contributed by atoms with Crippen LogP contribution in [0.2, 0.25) is 5.15 Å². The third-order valence-electron chi connectivity index (χ3n) is 4.65. The van der Waals surface area contributed by atoms with E-state index in [0.717, 1.165) is 22.6 Å². The van der Waals surface area contributed by atoms with Gasteiger partial charge in [0, 0.05) is 48.5 Å². The number of pyridine rings is 1. The molecule has 0 aliphatic rings. The van der Waals surface area contributed by atoms with Crippen molar-refractivity contribution < 1.29 is 17.9 Å². The van der Waals surface area contributed by atoms with E-state index in [0.29, 0.717) is 23.0 Å². The number of fused-ring (bicyclic) bond motifs is 1. The molecule has 0 fully saturated rings. The number of nitrogens with zero attached hydrogens (tertiary/aromatic N) is 4. The molecule has 2 N–H and O–H groups in total. The highest BCUT2D eigenvalue weighted by Crippen LogP contribution is 2.31. The molecule has 29 heavy (non-hydrogen) atoms. The van der Waals surface area contributed by atoms with Crippen molar-refractivity contribution in [3.05, 3.63) is 51.8 Å². The third-order valence-corrected chi connectivity index (χ3v) is 4.91. The molecule has 0 atom stereocenters. The standard InChI is InChI=1S/C19H19ClF3N5O/c1-9-7-25-13(10(2)16(9)29-3)6-11-8-28(5-4-12(21)18(22)23)15-14(11)26-19(24)27-17(15)20/h7-8H,4-6H2,1-3H3,(H2,24,26,27). The third kappa shape index (κ3) is 4.14. The zero-order valence-electron chi connectivity index (χ0n) is 16.1. The number of ether oxygens (including phenoxy) is 1. The van der Waals surface area contributed by atoms with Crippen LogP contribution in [0, 0.1) is 13.8 Å². The van der Waals surface area contributed by atoms with Crippen molar-refractivity contribution in [3.63, 3.8) is 0 Å². The van der Waals surface area contributed by atoms with Crippen molar-refractivity contribution in [1.29, 1.82) is 0 Å². The van der Waals surface area contributed by atoms with E-state index in [1.54, 1.807) is 24.1 Å². The molecule has 3 aromatic rings. The van der Waals surface area contributed by atoms with Crippen LogP contribution in [0.25, 0.3) is 11.0 Å². The fourth-order valence-electron chi connectivity index (χ4n) is 3.28. The first-order valence-electron chi connectivity index (χ1n) is 8.72. The number of halogens is 4. The Labute approximate surface area is 170 Å². The summed E-state index contributed by atoms with van der Waals surface area (Å²) in [5.41, 5.74) is 9.84. The molecule has 0 aliphatic heterocycles. The van der Waals surface area contributed by atoms with E-state index in [1.165, 1.54) is 0 Å². The minimum Gasteiger partial charge on any atom is -0.496 e. The van der Waals surface area contributed by atoms with Gasteiger partial charge in [0.2, 0.25) is 5.95 Å². The molecule has 0 unspecified atom stereocenters. The summed E-state index contributed by atoms with van der Waals surface area (Å²) < 4.78 is 45.2. The summed E-state index contributed by atoms with van der Waals surface area (Å²) in [7, 11) is 1.59. The van der Waals surface area contributed by atoms with Crippen LogP contribution in [0.3, 0.4) is 0 Å². The highest BCUT2D eigenvalue weighted by molar-refractivity contribution is 6.33. The normalized spacial score (nSPS) is 11.1. The lowest BCUT2D eigenvalue weighted by molar-refractivity contribution is 0.366. The highest BCUT2D eigenvalue weighted by atomic mass is 35.5. The molecule has 0 radical (unpaired) electrons. The Kier molecular flexibility index (Phi) is 5.97. The van der Waals surface area contributed by atoms with Crippen LogP contribution >= 0.6 is 11.6 Å². The summed E-state index contributed by atoms with van der Waals surface area (Å²) in [4.78, 5) is 12.7. The second kappa shape index (κ2) is 8.28. The maximum atomic E-state index is 13.3. The SMILES string of the molecule is COc1c(C)cnc(Cc2cn(CCC(F)=C(F)F)c3c(Cl)nc(N)nc23)c1C. The average molecular weight is 426 g/mol. The lowest BCUT2D eigenvalue weighted by Gasteiger charge is -2.11. The van der Waals surface area contributed by atoms with Gasteiger partial charge in [0.05, 0.1) is 18.3 Å². The van der Waals surface area contributed by atoms with Gasteiger partial charge in [-0.1, -0.05) is 11.6 Å². The molecule has 3 heterocycles. The summed E-state index contributed by atoms with van der Waals surface area (Å²) in [5, 5.41) is 0.0648. The molecule has 3 rings (SSSR count). The first kappa shape index (κ1) is 20.9. The largest absolute Gasteiger partial charge is 0.496 e. The van der Waals surface area contributed by atoms with Crippen LogP contribution in [0.5, 0.6) is 5.75 Å². The molecule has 0 amide bonds. The van der Waals surface area contributed by atoms with Gasteiger partial charge >= 0.3 is 6.08 Å². The van der Waals surface area contributed by atoms with Crippen LogP contribution in [-0.4, -0.2) is 26.6 Å². The predicted octanol–water partition coefficient (Wildman–Crippen LogP) is 4.75. The zero-order chi connectivity index (χ0) is 21.3. The first-order chi connectivity index (χ1) is 13.7. The molecule has 3 aromatic heterocycles. The quantitative estimate of drug-likeness (QED) is 0.577. The van der Waals surface area contributed by atoms with E-state index in [1.807, 2.05) is 13.8 Å². The number of hydrogen-bond donors (Lipinski definition) is 1. The number of nitrogen functional groups attached to an aromatic ring is 1. The van der Waals surface area contributed by atoms with E-state index in [9.17, 15) is 13.2 Å². The Morgan fingerprint density at radius 2 is 1.97 bits per heavy atom. The molecule has 10 heteroatoms. The van der Waals surface area contributed by atoms with E-state index < -0.39 is 18.3 Å². The van der Waals surface area contributed by atoms with E-state index in [-0.39, 0.29) is 17.6 Å². The van der Waals surface area contributed by atoms with Gasteiger partial charge in [0.15, 0.2) is 11.0 Å². The Bertz CT molecular complexity index is 1110. The fraction of sp³-hybridized carbons (Fsp3) is 0.316. The average Bonchev–Trinajstić information content (AvgIpc) is 3.00. The summed E-state index contributed by atoms with van der Waals surface area (Å²) in [5.74, 6) is -0.758. The maximum absolute atomic E-state index is 13.3. The number of aryl methyl sites for hydroxylation is 2. The van der Waals surface area contributed by atoms with Crippen molar-refractivity contribution in [2.75, 3.05) is 12.8 Å². The van der Waals surface area contributed by atoms with Crippen LogP contribution in [-0.2, 0) is 13.0 Å². The van der Waals surface area contributed by atoms with Gasteiger partial charge in [-0.25, -0.2) is 9.37 Å². The van der Waals surface area contributed by atoms with Crippen LogP contribution in [0.1, 0.15) is 28.8 Å². The van der Waals surface area contributed by atoms with E-state index >= 15 is 0 Å². The summed E-state index contributed by atoms with van der Waals surface area (Å²) in [6, 6.07) is 0. The monoisotopic (exact) mass is 425 g/mol. The minimum absolute atomic E-state index is 0.0199. The van der Waals surface area contributed by atoms with Gasteiger partial charge in [-0.15, -0.1) is 0 Å². The van der Waals surface area contributed by atoms with Gasteiger partial charge < -0.3 is 15.0 Å². The van der Waals surface area contributed by atoms with Crippen molar-refractivity contribution in [1.82, 2.24) is 19.5 Å². The second-order valence-corrected chi connectivity index (χ2v) is 6.91. The number of allylic oxidation sites excluding steroid dienone is 1. The Morgan fingerprint density at radius 3 is 2.62 bits per heavy atom. The molecule has 154 valence electrons. The summed E-state index contributed by atoms with van der Waals surface area (Å²) >= 11 is 6.22. The van der Waals surface area contributed by atoms with Crippen molar-refractivity contribution in [2.45, 2.75) is 33.2 Å². The predicted molar refractivity (Wildman–Crippen MR) is 105 cm³/mol. The first-order valence-corrected chi connectivity index (χ1v) is 9.10. The molecule has 0 saturated heterocycles. The second-order valence-electron chi connectivity index (χ2n) is 6.56. The summed E-state index contributed by atoms with van der Waals surface area (Å²) in [6.07, 6.45) is 0.943. The molecule has 0 bridgehead atoms. The van der Waals surface area contributed by atoms with Gasteiger partial charge in [-0.2, -0.15) is 13.8 Å². The fourth-order valence-corrected chi connectivity index (χ4v) is 3.57.